The van der Waals surface area contributed by atoms with Crippen molar-refractivity contribution < 1.29 is 49.4 Å². The maximum Gasteiger partial charge on any atom is 0.223 e. The number of benzene rings is 2. The van der Waals surface area contributed by atoms with Crippen LogP contribution in [0.3, 0.4) is 0 Å². The highest BCUT2D eigenvalue weighted by Crippen LogP contribution is 2.32. The number of aromatic nitrogens is 2. The van der Waals surface area contributed by atoms with E-state index in [0.717, 1.165) is 36.7 Å². The van der Waals surface area contributed by atoms with Crippen LogP contribution in [0.25, 0.3) is 0 Å². The molecule has 2 aliphatic rings. The molecule has 0 aliphatic carbocycles. The van der Waals surface area contributed by atoms with E-state index in [0.29, 0.717) is 11.1 Å². The van der Waals surface area contributed by atoms with Crippen molar-refractivity contribution in [1.82, 2.24) is 19.8 Å². The average molecular weight is 666 g/mol. The molecular weight excluding hydrogens is 641 g/mol. The molecule has 0 bridgehead atoms. The van der Waals surface area contributed by atoms with Crippen LogP contribution in [0.1, 0.15) is 46.9 Å². The molecule has 248 valence electrons. The molecule has 4 aromatic rings. The van der Waals surface area contributed by atoms with E-state index < -0.39 is 58.4 Å². The molecule has 2 aromatic carbocycles. The Morgan fingerprint density at radius 2 is 0.915 bits per heavy atom. The Morgan fingerprint density at radius 1 is 0.574 bits per heavy atom. The molecule has 47 heavy (non-hydrogen) atoms. The number of hydrogen-bond donors (Lipinski definition) is 0. The first-order valence-corrected chi connectivity index (χ1v) is 13.9. The van der Waals surface area contributed by atoms with Crippen LogP contribution >= 0.6 is 0 Å². The molecule has 2 aromatic heterocycles. The molecule has 2 fully saturated rings. The van der Waals surface area contributed by atoms with Crippen LogP contribution in [0.2, 0.25) is 0 Å². The van der Waals surface area contributed by atoms with Gasteiger partial charge in [0.25, 0.3) is 0 Å². The summed E-state index contributed by atoms with van der Waals surface area (Å²) in [7, 11) is 0. The Morgan fingerprint density at radius 3 is 1.23 bits per heavy atom. The Kier molecular flexibility index (Phi) is 10.9. The van der Waals surface area contributed by atoms with E-state index in [2.05, 4.69) is 9.97 Å². The van der Waals surface area contributed by atoms with Crippen molar-refractivity contribution in [3.05, 3.63) is 130 Å². The third-order valence-corrected chi connectivity index (χ3v) is 7.82. The quantitative estimate of drug-likeness (QED) is 0.234. The van der Waals surface area contributed by atoms with Gasteiger partial charge in [-0.25, -0.2) is 35.1 Å². The molecule has 2 amide bonds. The summed E-state index contributed by atoms with van der Waals surface area (Å²) >= 11 is 0. The zero-order valence-corrected chi connectivity index (χ0v) is 24.2. The molecule has 2 saturated heterocycles. The average Bonchev–Trinajstić information content (AvgIpc) is 3.58. The summed E-state index contributed by atoms with van der Waals surface area (Å²) in [5.41, 5.74) is 1.05. The minimum atomic E-state index is -1.53. The third kappa shape index (κ3) is 7.89. The maximum absolute atomic E-state index is 13.6. The van der Waals surface area contributed by atoms with Crippen LogP contribution in [0.4, 0.5) is 35.1 Å². The number of nitrogens with zero attached hydrogens (tertiary/aromatic N) is 4. The van der Waals surface area contributed by atoms with Crippen LogP contribution in [-0.2, 0) is 22.7 Å². The second kappa shape index (κ2) is 14.6. The highest BCUT2D eigenvalue weighted by molar-refractivity contribution is 5.80. The molecule has 0 saturated carbocycles. The van der Waals surface area contributed by atoms with E-state index in [1.54, 1.807) is 0 Å². The largest absolute Gasteiger partial charge is 1.00 e. The Hall–Kier alpha value is -4.95. The summed E-state index contributed by atoms with van der Waals surface area (Å²) < 4.78 is 106. The number of likely N-dealkylation sites (tertiary alicyclic amines) is 2. The van der Waals surface area contributed by atoms with Gasteiger partial charge in [0.05, 0.1) is 12.4 Å². The van der Waals surface area contributed by atoms with E-state index >= 15 is 0 Å². The number of halogens is 9. The van der Waals surface area contributed by atoms with Crippen molar-refractivity contribution in [2.45, 2.75) is 37.8 Å². The van der Waals surface area contributed by atoms with E-state index in [-0.39, 0.29) is 66.7 Å². The molecule has 6 rings (SSSR count). The predicted octanol–water partition coefficient (Wildman–Crippen LogP) is 3.31. The SMILES string of the molecule is O=C1CC(c2cc(F)c(F)c(F)c2)CN1Cc1ccncc1F.O=C1CC(c2cc(F)c([18F])c(F)c2)CN1Cc1ccncc1F.[18F-]. The summed E-state index contributed by atoms with van der Waals surface area (Å²) in [6, 6.07) is 6.51. The molecule has 2 aliphatic heterocycles. The number of hydrogen-bond acceptors (Lipinski definition) is 4. The van der Waals surface area contributed by atoms with Gasteiger partial charge in [0.1, 0.15) is 11.6 Å². The fourth-order valence-corrected chi connectivity index (χ4v) is 5.39. The summed E-state index contributed by atoms with van der Waals surface area (Å²) in [4.78, 5) is 34.1. The first-order chi connectivity index (χ1) is 21.9. The number of rotatable bonds is 6. The monoisotopic (exact) mass is 665 g/mol. The molecule has 15 heteroatoms. The minimum absolute atomic E-state index is 0. The maximum atomic E-state index is 13.6. The predicted molar refractivity (Wildman–Crippen MR) is 147 cm³/mol. The van der Waals surface area contributed by atoms with Crippen molar-refractivity contribution in [2.24, 2.45) is 0 Å². The lowest BCUT2D eigenvalue weighted by Crippen LogP contribution is -3.00. The normalized spacial score (nSPS) is 17.4. The lowest BCUT2D eigenvalue weighted by atomic mass is 9.98. The Bertz CT molecular complexity index is 1620. The standard InChI is InChI=1S/2C16H12F4N2O.FH/c2*17-12-3-10(4-13(18)16(12)20)11-5-15(23)22(8-11)7-9-1-2-21-6-14(9)19;/h2*1-4,6,11H,5,7-8H2;1H/p-1/i20-1;;1-1. The summed E-state index contributed by atoms with van der Waals surface area (Å²) in [5, 5.41) is 0. The van der Waals surface area contributed by atoms with Crippen LogP contribution in [0.5, 0.6) is 0 Å². The Labute approximate surface area is 262 Å². The van der Waals surface area contributed by atoms with Crippen LogP contribution in [0.15, 0.2) is 61.2 Å². The van der Waals surface area contributed by atoms with Gasteiger partial charge >= 0.3 is 0 Å². The van der Waals surface area contributed by atoms with E-state index in [4.69, 9.17) is 0 Å². The highest BCUT2D eigenvalue weighted by Gasteiger charge is 2.33. The third-order valence-electron chi connectivity index (χ3n) is 7.82. The fraction of sp³-hybridized carbons (Fsp3) is 0.250. The highest BCUT2D eigenvalue weighted by atomic mass is 19.2. The van der Waals surface area contributed by atoms with Crippen LogP contribution < -0.4 is 4.70 Å². The van der Waals surface area contributed by atoms with Crippen molar-refractivity contribution in [1.29, 1.82) is 0 Å². The number of carbonyl (C=O) groups excluding carboxylic acids is 2. The van der Waals surface area contributed by atoms with Gasteiger partial charge in [-0.15, -0.1) is 0 Å². The van der Waals surface area contributed by atoms with Gasteiger partial charge in [0, 0.05) is 74.4 Å². The van der Waals surface area contributed by atoms with Gasteiger partial charge in [-0.3, -0.25) is 19.6 Å². The van der Waals surface area contributed by atoms with Gasteiger partial charge in [-0.1, -0.05) is 0 Å². The van der Waals surface area contributed by atoms with E-state index in [9.17, 15) is 44.7 Å². The number of carbonyl (C=O) groups is 2. The molecule has 0 radical (unpaired) electrons. The number of pyridine rings is 2. The van der Waals surface area contributed by atoms with Gasteiger partial charge in [0.2, 0.25) is 11.8 Å². The zero-order chi connectivity index (χ0) is 33.1. The smallest absolute Gasteiger partial charge is 0.223 e. The zero-order valence-electron chi connectivity index (χ0n) is 24.2. The second-order valence-corrected chi connectivity index (χ2v) is 10.9. The second-order valence-electron chi connectivity index (χ2n) is 10.9. The van der Waals surface area contributed by atoms with Gasteiger partial charge in [-0.05, 0) is 47.5 Å². The molecule has 0 N–H and O–H groups in total. The fourth-order valence-electron chi connectivity index (χ4n) is 5.39. The first kappa shape index (κ1) is 34.9. The lowest BCUT2D eigenvalue weighted by molar-refractivity contribution is -0.129. The molecule has 0 spiro atoms. The molecular formula is C32H24F9N4O2-. The molecule has 6 nitrogen and oxygen atoms in total. The van der Waals surface area contributed by atoms with Crippen molar-refractivity contribution >= 4 is 11.8 Å². The topological polar surface area (TPSA) is 66.4 Å². The van der Waals surface area contributed by atoms with E-state index in [1.165, 1.54) is 34.3 Å². The van der Waals surface area contributed by atoms with Crippen molar-refractivity contribution in [3.63, 3.8) is 0 Å². The first-order valence-electron chi connectivity index (χ1n) is 13.9. The van der Waals surface area contributed by atoms with Crippen molar-refractivity contribution in [2.75, 3.05) is 13.1 Å². The van der Waals surface area contributed by atoms with Crippen molar-refractivity contribution in [3.8, 4) is 0 Å². The molecule has 2 unspecified atom stereocenters. The molecule has 2 atom stereocenters. The number of amides is 2. The van der Waals surface area contributed by atoms with Crippen LogP contribution in [-0.4, -0.2) is 44.7 Å². The van der Waals surface area contributed by atoms with Crippen LogP contribution in [0, 0.1) is 46.5 Å². The minimum Gasteiger partial charge on any atom is -1.00 e. The summed E-state index contributed by atoms with van der Waals surface area (Å²) in [6.45, 7) is 0.474. The summed E-state index contributed by atoms with van der Waals surface area (Å²) in [6.07, 6.45) is 5.02. The van der Waals surface area contributed by atoms with Gasteiger partial charge in [-0.2, -0.15) is 0 Å². The van der Waals surface area contributed by atoms with Gasteiger partial charge in [0.15, 0.2) is 34.9 Å². The van der Waals surface area contributed by atoms with Gasteiger partial charge < -0.3 is 14.5 Å². The summed E-state index contributed by atoms with van der Waals surface area (Å²) in [5.74, 6) is -10.7. The Balaban J connectivity index is 0.000000208. The molecule has 4 heterocycles. The van der Waals surface area contributed by atoms with E-state index in [1.807, 2.05) is 0 Å². The lowest BCUT2D eigenvalue weighted by Gasteiger charge is -2.17.